The Balaban J connectivity index is 1.69. The third-order valence-corrected chi connectivity index (χ3v) is 6.51. The first-order valence-corrected chi connectivity index (χ1v) is 11.8. The fourth-order valence-electron chi connectivity index (χ4n) is 4.80. The number of amides is 2. The third-order valence-electron chi connectivity index (χ3n) is 6.51. The normalized spacial score (nSPS) is 14.7. The van der Waals surface area contributed by atoms with E-state index in [0.29, 0.717) is 29.5 Å². The summed E-state index contributed by atoms with van der Waals surface area (Å²) < 4.78 is 5.20. The summed E-state index contributed by atoms with van der Waals surface area (Å²) in [6.07, 6.45) is 6.91. The summed E-state index contributed by atoms with van der Waals surface area (Å²) in [6.45, 7) is -0.780. The minimum absolute atomic E-state index is 0.0978. The molecule has 0 aliphatic heterocycles. The topological polar surface area (TPSA) is 142 Å². The molecule has 3 aromatic rings. The van der Waals surface area contributed by atoms with Crippen molar-refractivity contribution in [2.45, 2.75) is 38.1 Å². The zero-order chi connectivity index (χ0) is 25.7. The molecule has 3 N–H and O–H groups in total. The smallest absolute Gasteiger partial charge is 0.323 e. The predicted molar refractivity (Wildman–Crippen MR) is 132 cm³/mol. The molecule has 0 saturated heterocycles. The number of aromatic nitrogens is 2. The van der Waals surface area contributed by atoms with Gasteiger partial charge in [-0.05, 0) is 43.0 Å². The van der Waals surface area contributed by atoms with Crippen molar-refractivity contribution in [3.8, 4) is 5.75 Å². The standard InChI is InChI=1S/C26H28N4O6/c1-36-17-10-11-18-19(14-28-20(18)13-17)24(33)26(35)30(15-22(31)32)23(16-7-3-2-4-8-16)25(34)29-21-9-5-6-12-27-21/h5-6,9-14,16,23,28H,2-4,7-8,15H2,1H3,(H,31,32)(H,27,29,34). The first-order valence-electron chi connectivity index (χ1n) is 11.8. The van der Waals surface area contributed by atoms with Gasteiger partial charge in [-0.1, -0.05) is 25.3 Å². The van der Waals surface area contributed by atoms with E-state index in [1.807, 2.05) is 0 Å². The molecule has 1 saturated carbocycles. The lowest BCUT2D eigenvalue weighted by Crippen LogP contribution is -2.55. The third kappa shape index (κ3) is 5.37. The van der Waals surface area contributed by atoms with E-state index in [1.54, 1.807) is 36.4 Å². The second kappa shape index (κ2) is 11.0. The number of ketones is 1. The quantitative estimate of drug-likeness (QED) is 0.307. The molecule has 36 heavy (non-hydrogen) atoms. The van der Waals surface area contributed by atoms with Gasteiger partial charge in [-0.25, -0.2) is 4.98 Å². The van der Waals surface area contributed by atoms with Crippen LogP contribution in [0.1, 0.15) is 42.5 Å². The number of Topliss-reactive ketones (excluding diaryl/α,β-unsaturated/α-hetero) is 1. The monoisotopic (exact) mass is 492 g/mol. The molecule has 188 valence electrons. The highest BCUT2D eigenvalue weighted by molar-refractivity contribution is 6.45. The summed E-state index contributed by atoms with van der Waals surface area (Å²) >= 11 is 0. The van der Waals surface area contributed by atoms with Crippen molar-refractivity contribution in [2.75, 3.05) is 19.0 Å². The molecule has 2 amide bonds. The van der Waals surface area contributed by atoms with Gasteiger partial charge in [-0.15, -0.1) is 0 Å². The summed E-state index contributed by atoms with van der Waals surface area (Å²) in [5.41, 5.74) is 0.688. The average molecular weight is 493 g/mol. The Hall–Kier alpha value is -4.21. The molecule has 10 nitrogen and oxygen atoms in total. The van der Waals surface area contributed by atoms with Gasteiger partial charge in [0.15, 0.2) is 0 Å². The maximum absolute atomic E-state index is 13.6. The van der Waals surface area contributed by atoms with Gasteiger partial charge in [-0.2, -0.15) is 0 Å². The van der Waals surface area contributed by atoms with Crippen molar-refractivity contribution >= 4 is 40.3 Å². The van der Waals surface area contributed by atoms with Crippen LogP contribution in [0.2, 0.25) is 0 Å². The van der Waals surface area contributed by atoms with Gasteiger partial charge in [0.05, 0.1) is 12.7 Å². The Morgan fingerprint density at radius 3 is 2.61 bits per heavy atom. The molecule has 2 aromatic heterocycles. The number of carboxylic acids is 1. The van der Waals surface area contributed by atoms with Gasteiger partial charge in [0, 0.05) is 29.4 Å². The number of pyridine rings is 1. The predicted octanol–water partition coefficient (Wildman–Crippen LogP) is 3.26. The van der Waals surface area contributed by atoms with Crippen LogP contribution in [0.25, 0.3) is 10.9 Å². The van der Waals surface area contributed by atoms with Crippen molar-refractivity contribution < 1.29 is 29.0 Å². The number of methoxy groups -OCH3 is 1. The number of ether oxygens (including phenoxy) is 1. The number of aliphatic carboxylic acids is 1. The van der Waals surface area contributed by atoms with E-state index in [9.17, 15) is 24.3 Å². The van der Waals surface area contributed by atoms with Crippen LogP contribution in [0.5, 0.6) is 5.75 Å². The van der Waals surface area contributed by atoms with Crippen molar-refractivity contribution in [3.63, 3.8) is 0 Å². The van der Waals surface area contributed by atoms with Gasteiger partial charge >= 0.3 is 5.97 Å². The number of H-pyrrole nitrogens is 1. The van der Waals surface area contributed by atoms with Crippen molar-refractivity contribution in [2.24, 2.45) is 5.92 Å². The molecular weight excluding hydrogens is 464 g/mol. The van der Waals surface area contributed by atoms with Crippen LogP contribution in [0.4, 0.5) is 5.82 Å². The van der Waals surface area contributed by atoms with Crippen LogP contribution >= 0.6 is 0 Å². The zero-order valence-corrected chi connectivity index (χ0v) is 19.9. The van der Waals surface area contributed by atoms with Crippen molar-refractivity contribution in [1.82, 2.24) is 14.9 Å². The lowest BCUT2D eigenvalue weighted by Gasteiger charge is -2.36. The fraction of sp³-hybridized carbons (Fsp3) is 0.346. The first-order chi connectivity index (χ1) is 17.4. The van der Waals surface area contributed by atoms with Crippen LogP contribution < -0.4 is 10.1 Å². The SMILES string of the molecule is COc1ccc2c(C(=O)C(=O)N(CC(=O)O)C(C(=O)Nc3ccccn3)C3CCCCC3)c[nH]c2c1. The minimum atomic E-state index is -1.31. The van der Waals surface area contributed by atoms with Crippen LogP contribution in [-0.2, 0) is 14.4 Å². The molecule has 2 heterocycles. The van der Waals surface area contributed by atoms with E-state index in [2.05, 4.69) is 15.3 Å². The maximum atomic E-state index is 13.6. The Bertz CT molecular complexity index is 1270. The number of carbonyl (C=O) groups is 4. The van der Waals surface area contributed by atoms with E-state index in [0.717, 1.165) is 24.2 Å². The second-order valence-corrected chi connectivity index (χ2v) is 8.82. The van der Waals surface area contributed by atoms with Crippen molar-refractivity contribution in [1.29, 1.82) is 0 Å². The lowest BCUT2D eigenvalue weighted by atomic mass is 9.82. The van der Waals surface area contributed by atoms with Gasteiger partial charge in [-0.3, -0.25) is 19.2 Å². The number of nitrogens with one attached hydrogen (secondary N) is 2. The number of carboxylic acid groups (broad SMARTS) is 1. The van der Waals surface area contributed by atoms with E-state index in [4.69, 9.17) is 4.74 Å². The van der Waals surface area contributed by atoms with Gasteiger partial charge < -0.3 is 25.0 Å². The molecule has 0 bridgehead atoms. The molecule has 1 unspecified atom stereocenters. The van der Waals surface area contributed by atoms with Crippen LogP contribution in [-0.4, -0.2) is 63.2 Å². The number of fused-ring (bicyclic) bond motifs is 1. The molecule has 0 radical (unpaired) electrons. The fourth-order valence-corrected chi connectivity index (χ4v) is 4.80. The Morgan fingerprint density at radius 2 is 1.94 bits per heavy atom. The number of carbonyl (C=O) groups excluding carboxylic acids is 3. The Labute approximate surface area is 207 Å². The molecule has 10 heteroatoms. The summed E-state index contributed by atoms with van der Waals surface area (Å²) in [5.74, 6) is -3.24. The van der Waals surface area contributed by atoms with E-state index in [-0.39, 0.29) is 17.3 Å². The number of nitrogens with zero attached hydrogens (tertiary/aromatic N) is 2. The average Bonchev–Trinajstić information content (AvgIpc) is 3.31. The highest BCUT2D eigenvalue weighted by atomic mass is 16.5. The molecule has 1 aliphatic carbocycles. The summed E-state index contributed by atoms with van der Waals surface area (Å²) in [4.78, 5) is 60.2. The Morgan fingerprint density at radius 1 is 1.17 bits per heavy atom. The molecular formula is C26H28N4O6. The van der Waals surface area contributed by atoms with Crippen LogP contribution in [0, 0.1) is 5.92 Å². The summed E-state index contributed by atoms with van der Waals surface area (Å²) in [6, 6.07) is 8.88. The first kappa shape index (κ1) is 24.9. The number of rotatable bonds is 9. The molecule has 4 rings (SSSR count). The van der Waals surface area contributed by atoms with Gasteiger partial charge in [0.1, 0.15) is 24.2 Å². The number of hydrogen-bond acceptors (Lipinski definition) is 6. The second-order valence-electron chi connectivity index (χ2n) is 8.82. The highest BCUT2D eigenvalue weighted by Crippen LogP contribution is 2.31. The maximum Gasteiger partial charge on any atom is 0.323 e. The molecule has 1 aromatic carbocycles. The largest absolute Gasteiger partial charge is 0.497 e. The van der Waals surface area contributed by atoms with Gasteiger partial charge in [0.2, 0.25) is 5.91 Å². The number of hydrogen-bond donors (Lipinski definition) is 3. The molecule has 1 aliphatic rings. The van der Waals surface area contributed by atoms with Gasteiger partial charge in [0.25, 0.3) is 11.7 Å². The molecule has 1 fully saturated rings. The minimum Gasteiger partial charge on any atom is -0.497 e. The van der Waals surface area contributed by atoms with E-state index >= 15 is 0 Å². The zero-order valence-electron chi connectivity index (χ0n) is 19.9. The van der Waals surface area contributed by atoms with Crippen molar-refractivity contribution in [3.05, 3.63) is 54.4 Å². The number of benzene rings is 1. The highest BCUT2D eigenvalue weighted by Gasteiger charge is 2.40. The summed E-state index contributed by atoms with van der Waals surface area (Å²) in [7, 11) is 1.52. The molecule has 0 spiro atoms. The summed E-state index contributed by atoms with van der Waals surface area (Å²) in [5, 5.41) is 12.8. The molecule has 1 atom stereocenters. The number of aromatic amines is 1. The van der Waals surface area contributed by atoms with E-state index in [1.165, 1.54) is 19.5 Å². The Kier molecular flexibility index (Phi) is 7.62. The van der Waals surface area contributed by atoms with E-state index < -0.39 is 36.2 Å². The number of anilines is 1. The van der Waals surface area contributed by atoms with Crippen LogP contribution in [0.3, 0.4) is 0 Å². The lowest BCUT2D eigenvalue weighted by molar-refractivity contribution is -0.147. The van der Waals surface area contributed by atoms with Crippen LogP contribution in [0.15, 0.2) is 48.8 Å².